The summed E-state index contributed by atoms with van der Waals surface area (Å²) in [5, 5.41) is 5.95. The number of halogens is 4. The number of nitrogens with two attached hydrogens (primary N) is 1. The number of hydrogen-bond donors (Lipinski definition) is 2. The van der Waals surface area contributed by atoms with Gasteiger partial charge in [0.05, 0.1) is 17.9 Å². The molecule has 1 atom stereocenters. The van der Waals surface area contributed by atoms with Gasteiger partial charge in [0.2, 0.25) is 5.91 Å². The second-order valence-corrected chi connectivity index (χ2v) is 4.90. The number of hydrogen-bond acceptors (Lipinski definition) is 4. The van der Waals surface area contributed by atoms with E-state index in [0.717, 1.165) is 18.1 Å². The highest BCUT2D eigenvalue weighted by Crippen LogP contribution is 2.18. The molecule has 10 heteroatoms. The Balaban J connectivity index is 0.00000361. The third-order valence-electron chi connectivity index (χ3n) is 2.21. The van der Waals surface area contributed by atoms with Crippen molar-refractivity contribution in [3.05, 3.63) is 12.4 Å². The lowest BCUT2D eigenvalue weighted by Crippen LogP contribution is -2.36. The third-order valence-corrected chi connectivity index (χ3v) is 2.86. The zero-order chi connectivity index (χ0) is 14.5. The maximum absolute atomic E-state index is 12.1. The predicted molar refractivity (Wildman–Crippen MR) is 75.1 cm³/mol. The molecule has 1 aromatic heterocycles. The number of thioether (sulfide) groups is 1. The fraction of sp³-hybridized carbons (Fsp3) is 0.600. The van der Waals surface area contributed by atoms with Crippen LogP contribution >= 0.6 is 24.2 Å². The van der Waals surface area contributed by atoms with Crippen molar-refractivity contribution < 1.29 is 18.0 Å². The first kappa shape index (κ1) is 19.1. The first-order valence-electron chi connectivity index (χ1n) is 5.46. The second kappa shape index (κ2) is 8.38. The molecule has 3 N–H and O–H groups in total. The number of carbonyl (C=O) groups is 1. The van der Waals surface area contributed by atoms with Gasteiger partial charge in [0, 0.05) is 6.20 Å². The zero-order valence-electron chi connectivity index (χ0n) is 10.7. The van der Waals surface area contributed by atoms with Crippen LogP contribution in [0, 0.1) is 0 Å². The molecule has 1 heterocycles. The molecule has 0 aliphatic heterocycles. The van der Waals surface area contributed by atoms with Gasteiger partial charge in [-0.05, 0) is 18.4 Å². The van der Waals surface area contributed by atoms with Crippen LogP contribution in [0.25, 0.3) is 0 Å². The van der Waals surface area contributed by atoms with E-state index >= 15 is 0 Å². The summed E-state index contributed by atoms with van der Waals surface area (Å²) in [5.74, 6) is 0.308. The summed E-state index contributed by atoms with van der Waals surface area (Å²) in [6.45, 7) is -1.19. The number of carbonyl (C=O) groups excluding carboxylic acids is 1. The summed E-state index contributed by atoms with van der Waals surface area (Å²) >= 11 is 1.56. The van der Waals surface area contributed by atoms with Crippen LogP contribution in [-0.4, -0.2) is 39.9 Å². The Morgan fingerprint density at radius 3 is 2.80 bits per heavy atom. The number of alkyl halides is 3. The van der Waals surface area contributed by atoms with E-state index in [4.69, 9.17) is 5.73 Å². The zero-order valence-corrected chi connectivity index (χ0v) is 12.3. The molecule has 0 radical (unpaired) electrons. The lowest BCUT2D eigenvalue weighted by atomic mass is 10.2. The number of anilines is 1. The van der Waals surface area contributed by atoms with E-state index in [1.807, 2.05) is 6.26 Å². The Bertz CT molecular complexity index is 427. The lowest BCUT2D eigenvalue weighted by molar-refractivity contribution is -0.142. The van der Waals surface area contributed by atoms with Crippen LogP contribution in [-0.2, 0) is 11.3 Å². The summed E-state index contributed by atoms with van der Waals surface area (Å²) < 4.78 is 37.0. The molecule has 0 spiro atoms. The highest BCUT2D eigenvalue weighted by Gasteiger charge is 2.28. The molecule has 0 bridgehead atoms. The number of nitrogens with one attached hydrogen (secondary N) is 1. The summed E-state index contributed by atoms with van der Waals surface area (Å²) in [7, 11) is 0. The molecule has 0 aliphatic rings. The third kappa shape index (κ3) is 7.01. The summed E-state index contributed by atoms with van der Waals surface area (Å²) in [6, 6.07) is -0.682. The molecule has 5 nitrogen and oxygen atoms in total. The van der Waals surface area contributed by atoms with E-state index in [-0.39, 0.29) is 18.1 Å². The Morgan fingerprint density at radius 1 is 1.60 bits per heavy atom. The predicted octanol–water partition coefficient (Wildman–Crippen LogP) is 1.89. The van der Waals surface area contributed by atoms with Crippen molar-refractivity contribution >= 4 is 35.8 Å². The standard InChI is InChI=1S/C10H15F3N4OS.ClH/c1-19-3-2-8(14)9(18)16-7-4-15-17(5-7)6-10(11,12)13;/h4-5,8H,2-3,6,14H2,1H3,(H,16,18);1H/t8-;/m0./s1. The number of aromatic nitrogens is 2. The Hall–Kier alpha value is -0.930. The average molecular weight is 333 g/mol. The van der Waals surface area contributed by atoms with E-state index in [9.17, 15) is 18.0 Å². The van der Waals surface area contributed by atoms with Gasteiger partial charge in [0.15, 0.2) is 0 Å². The van der Waals surface area contributed by atoms with E-state index in [2.05, 4.69) is 10.4 Å². The van der Waals surface area contributed by atoms with Crippen molar-refractivity contribution in [3.8, 4) is 0 Å². The molecule has 0 aromatic carbocycles. The van der Waals surface area contributed by atoms with Gasteiger partial charge in [-0.2, -0.15) is 30.0 Å². The normalized spacial score (nSPS) is 12.7. The smallest absolute Gasteiger partial charge is 0.322 e. The summed E-state index contributed by atoms with van der Waals surface area (Å²) in [4.78, 5) is 11.6. The number of amides is 1. The van der Waals surface area contributed by atoms with Crippen LogP contribution in [0.2, 0.25) is 0 Å². The fourth-order valence-corrected chi connectivity index (χ4v) is 1.80. The van der Waals surface area contributed by atoms with Crippen LogP contribution in [0.1, 0.15) is 6.42 Å². The number of nitrogens with zero attached hydrogens (tertiary/aromatic N) is 2. The van der Waals surface area contributed by atoms with Crippen molar-refractivity contribution in [2.45, 2.75) is 25.2 Å². The van der Waals surface area contributed by atoms with Gasteiger partial charge >= 0.3 is 6.18 Å². The minimum atomic E-state index is -4.35. The first-order valence-corrected chi connectivity index (χ1v) is 6.86. The Labute approximate surface area is 124 Å². The molecule has 0 fully saturated rings. The first-order chi connectivity index (χ1) is 8.81. The number of rotatable bonds is 6. The van der Waals surface area contributed by atoms with Gasteiger partial charge in [-0.15, -0.1) is 12.4 Å². The largest absolute Gasteiger partial charge is 0.408 e. The second-order valence-electron chi connectivity index (χ2n) is 3.92. The molecule has 1 aromatic rings. The van der Waals surface area contributed by atoms with Crippen molar-refractivity contribution in [1.82, 2.24) is 9.78 Å². The van der Waals surface area contributed by atoms with Gasteiger partial charge in [-0.25, -0.2) is 0 Å². The van der Waals surface area contributed by atoms with Crippen LogP contribution in [0.5, 0.6) is 0 Å². The molecular weight excluding hydrogens is 317 g/mol. The van der Waals surface area contributed by atoms with Gasteiger partial charge < -0.3 is 11.1 Å². The van der Waals surface area contributed by atoms with Crippen LogP contribution in [0.3, 0.4) is 0 Å². The van der Waals surface area contributed by atoms with Crippen LogP contribution in [0.15, 0.2) is 12.4 Å². The minimum absolute atomic E-state index is 0. The van der Waals surface area contributed by atoms with Gasteiger partial charge in [0.25, 0.3) is 0 Å². The maximum atomic E-state index is 12.1. The summed E-state index contributed by atoms with van der Waals surface area (Å²) in [6.07, 6.45) is 0.329. The van der Waals surface area contributed by atoms with Crippen LogP contribution < -0.4 is 11.1 Å². The Kier molecular flexibility index (Phi) is 7.99. The van der Waals surface area contributed by atoms with Gasteiger partial charge in [-0.3, -0.25) is 9.48 Å². The van der Waals surface area contributed by atoms with Gasteiger partial charge in [-0.1, -0.05) is 0 Å². The maximum Gasteiger partial charge on any atom is 0.408 e. The monoisotopic (exact) mass is 332 g/mol. The van der Waals surface area contributed by atoms with E-state index in [1.165, 1.54) is 0 Å². The Morgan fingerprint density at radius 2 is 2.25 bits per heavy atom. The molecule has 0 unspecified atom stereocenters. The fourth-order valence-electron chi connectivity index (χ4n) is 1.31. The van der Waals surface area contributed by atoms with Crippen molar-refractivity contribution in [2.75, 3.05) is 17.3 Å². The SMILES string of the molecule is CSCC[C@H](N)C(=O)Nc1cnn(CC(F)(F)F)c1.Cl. The highest BCUT2D eigenvalue weighted by molar-refractivity contribution is 7.98. The summed E-state index contributed by atoms with van der Waals surface area (Å²) in [5.41, 5.74) is 5.83. The molecule has 0 aliphatic carbocycles. The topological polar surface area (TPSA) is 72.9 Å². The molecule has 0 saturated carbocycles. The molecular formula is C10H16ClF3N4OS. The van der Waals surface area contributed by atoms with E-state index in [1.54, 1.807) is 11.8 Å². The molecule has 20 heavy (non-hydrogen) atoms. The molecule has 116 valence electrons. The average Bonchev–Trinajstić information content (AvgIpc) is 2.70. The van der Waals surface area contributed by atoms with Crippen molar-refractivity contribution in [1.29, 1.82) is 0 Å². The molecule has 1 amide bonds. The van der Waals surface area contributed by atoms with Crippen molar-refractivity contribution in [2.24, 2.45) is 5.73 Å². The van der Waals surface area contributed by atoms with E-state index in [0.29, 0.717) is 11.1 Å². The quantitative estimate of drug-likeness (QED) is 0.834. The van der Waals surface area contributed by atoms with Gasteiger partial charge in [0.1, 0.15) is 6.54 Å². The minimum Gasteiger partial charge on any atom is -0.322 e. The highest BCUT2D eigenvalue weighted by atomic mass is 35.5. The molecule has 0 saturated heterocycles. The van der Waals surface area contributed by atoms with E-state index < -0.39 is 24.7 Å². The lowest BCUT2D eigenvalue weighted by Gasteiger charge is -2.10. The molecule has 1 rings (SSSR count). The van der Waals surface area contributed by atoms with Crippen molar-refractivity contribution in [3.63, 3.8) is 0 Å². The van der Waals surface area contributed by atoms with Crippen LogP contribution in [0.4, 0.5) is 18.9 Å².